The van der Waals surface area contributed by atoms with Gasteiger partial charge in [-0.3, -0.25) is 0 Å². The molecule has 0 radical (unpaired) electrons. The van der Waals surface area contributed by atoms with Crippen LogP contribution in [0.25, 0.3) is 0 Å². The van der Waals surface area contributed by atoms with Gasteiger partial charge in [0.05, 0.1) is 0 Å². The Morgan fingerprint density at radius 2 is 2.00 bits per heavy atom. The smallest absolute Gasteiger partial charge is 0.00644 e. The Hall–Kier alpha value is -0.0400. The van der Waals surface area contributed by atoms with E-state index in [1.54, 1.807) is 0 Å². The quantitative estimate of drug-likeness (QED) is 0.667. The first-order valence-electron chi connectivity index (χ1n) is 5.83. The highest BCUT2D eigenvalue weighted by molar-refractivity contribution is 4.96. The van der Waals surface area contributed by atoms with Crippen LogP contribution >= 0.6 is 0 Å². The van der Waals surface area contributed by atoms with E-state index < -0.39 is 0 Å². The summed E-state index contributed by atoms with van der Waals surface area (Å²) < 4.78 is 0. The number of rotatable bonds is 6. The fraction of sp³-hybridized carbons (Fsp3) is 1.00. The molecule has 1 nitrogen and oxygen atoms in total. The summed E-state index contributed by atoms with van der Waals surface area (Å²) in [5.74, 6) is 0.943. The molecule has 0 saturated heterocycles. The molecule has 78 valence electrons. The Bertz CT molecular complexity index is 151. The molecule has 0 aromatic carbocycles. The van der Waals surface area contributed by atoms with Crippen LogP contribution in [-0.2, 0) is 0 Å². The van der Waals surface area contributed by atoms with Gasteiger partial charge in [0.15, 0.2) is 0 Å². The van der Waals surface area contributed by atoms with Gasteiger partial charge in [-0.2, -0.15) is 0 Å². The van der Waals surface area contributed by atoms with Crippen LogP contribution in [0, 0.1) is 11.3 Å². The molecular formula is C12H25N. The molecule has 0 aromatic heterocycles. The molecule has 1 fully saturated rings. The predicted molar refractivity (Wildman–Crippen MR) is 58.9 cm³/mol. The van der Waals surface area contributed by atoms with Crippen molar-refractivity contribution in [3.05, 3.63) is 0 Å². The molecule has 0 aliphatic heterocycles. The molecular weight excluding hydrogens is 158 g/mol. The summed E-state index contributed by atoms with van der Waals surface area (Å²) in [4.78, 5) is 0. The van der Waals surface area contributed by atoms with Crippen LogP contribution in [0.1, 0.15) is 53.4 Å². The van der Waals surface area contributed by atoms with Crippen molar-refractivity contribution in [1.29, 1.82) is 0 Å². The first-order chi connectivity index (χ1) is 6.10. The lowest BCUT2D eigenvalue weighted by atomic mass is 10.1. The second-order valence-electron chi connectivity index (χ2n) is 5.19. The monoisotopic (exact) mass is 183 g/mol. The van der Waals surface area contributed by atoms with Gasteiger partial charge in [0.25, 0.3) is 0 Å². The van der Waals surface area contributed by atoms with Crippen molar-refractivity contribution in [2.24, 2.45) is 11.3 Å². The van der Waals surface area contributed by atoms with Crippen molar-refractivity contribution in [3.63, 3.8) is 0 Å². The maximum absolute atomic E-state index is 3.69. The maximum atomic E-state index is 3.69. The third-order valence-electron chi connectivity index (χ3n) is 3.50. The van der Waals surface area contributed by atoms with E-state index in [0.29, 0.717) is 5.41 Å². The Morgan fingerprint density at radius 3 is 2.38 bits per heavy atom. The lowest BCUT2D eigenvalue weighted by molar-refractivity contribution is 0.429. The zero-order chi connectivity index (χ0) is 9.90. The Balaban J connectivity index is 2.10. The first kappa shape index (κ1) is 11.0. The third kappa shape index (κ3) is 3.30. The zero-order valence-corrected chi connectivity index (χ0v) is 9.69. The highest BCUT2D eigenvalue weighted by atomic mass is 14.9. The van der Waals surface area contributed by atoms with Gasteiger partial charge in [-0.15, -0.1) is 0 Å². The molecule has 13 heavy (non-hydrogen) atoms. The molecule has 0 heterocycles. The zero-order valence-electron chi connectivity index (χ0n) is 9.69. The molecule has 0 spiro atoms. The highest BCUT2D eigenvalue weighted by Crippen LogP contribution is 2.51. The van der Waals surface area contributed by atoms with E-state index in [9.17, 15) is 0 Å². The molecule has 1 N–H and O–H groups in total. The van der Waals surface area contributed by atoms with E-state index in [2.05, 4.69) is 33.0 Å². The first-order valence-corrected chi connectivity index (χ1v) is 5.83. The Kier molecular flexibility index (Phi) is 3.78. The minimum atomic E-state index is 0.636. The normalized spacial score (nSPS) is 27.2. The lowest BCUT2D eigenvalue weighted by Crippen LogP contribution is -2.30. The van der Waals surface area contributed by atoms with Crippen molar-refractivity contribution in [2.75, 3.05) is 6.54 Å². The van der Waals surface area contributed by atoms with Crippen LogP contribution in [0.3, 0.4) is 0 Å². The number of nitrogens with one attached hydrogen (secondary N) is 1. The number of hydrogen-bond donors (Lipinski definition) is 1. The molecule has 0 aromatic rings. The Labute approximate surface area is 83.3 Å². The minimum absolute atomic E-state index is 0.636. The summed E-state index contributed by atoms with van der Waals surface area (Å²) in [6.45, 7) is 10.5. The van der Waals surface area contributed by atoms with Gasteiger partial charge >= 0.3 is 0 Å². The van der Waals surface area contributed by atoms with Crippen LogP contribution in [0.2, 0.25) is 0 Å². The van der Waals surface area contributed by atoms with Crippen LogP contribution in [0.15, 0.2) is 0 Å². The summed E-state index contributed by atoms with van der Waals surface area (Å²) in [5, 5.41) is 3.69. The SMILES string of the molecule is CCCC(CC)NCC1CC1(C)C. The minimum Gasteiger partial charge on any atom is -0.314 e. The fourth-order valence-electron chi connectivity index (χ4n) is 2.03. The van der Waals surface area contributed by atoms with Gasteiger partial charge < -0.3 is 5.32 Å². The Morgan fingerprint density at radius 1 is 1.38 bits per heavy atom. The molecule has 1 rings (SSSR count). The third-order valence-corrected chi connectivity index (χ3v) is 3.50. The average molecular weight is 183 g/mol. The van der Waals surface area contributed by atoms with Gasteiger partial charge in [0, 0.05) is 6.04 Å². The predicted octanol–water partition coefficient (Wildman–Crippen LogP) is 3.20. The second kappa shape index (κ2) is 4.45. The second-order valence-corrected chi connectivity index (χ2v) is 5.19. The number of hydrogen-bond acceptors (Lipinski definition) is 1. The van der Waals surface area contributed by atoms with Gasteiger partial charge in [-0.1, -0.05) is 34.1 Å². The van der Waals surface area contributed by atoms with Crippen molar-refractivity contribution >= 4 is 0 Å². The van der Waals surface area contributed by atoms with E-state index in [1.165, 1.54) is 32.2 Å². The van der Waals surface area contributed by atoms with Crippen molar-refractivity contribution in [2.45, 2.75) is 59.4 Å². The molecule has 1 saturated carbocycles. The van der Waals surface area contributed by atoms with Gasteiger partial charge in [0.1, 0.15) is 0 Å². The molecule has 1 aliphatic carbocycles. The fourth-order valence-corrected chi connectivity index (χ4v) is 2.03. The topological polar surface area (TPSA) is 12.0 Å². The van der Waals surface area contributed by atoms with Crippen molar-refractivity contribution < 1.29 is 0 Å². The van der Waals surface area contributed by atoms with Crippen LogP contribution in [0.5, 0.6) is 0 Å². The van der Waals surface area contributed by atoms with Crippen LogP contribution in [0.4, 0.5) is 0 Å². The van der Waals surface area contributed by atoms with Crippen molar-refractivity contribution in [1.82, 2.24) is 5.32 Å². The summed E-state index contributed by atoms with van der Waals surface area (Å²) in [7, 11) is 0. The molecule has 2 atom stereocenters. The van der Waals surface area contributed by atoms with E-state index in [-0.39, 0.29) is 0 Å². The molecule has 0 bridgehead atoms. The van der Waals surface area contributed by atoms with Crippen LogP contribution < -0.4 is 5.32 Å². The van der Waals surface area contributed by atoms with Crippen molar-refractivity contribution in [3.8, 4) is 0 Å². The summed E-state index contributed by atoms with van der Waals surface area (Å²) in [5.41, 5.74) is 0.636. The molecule has 1 heteroatoms. The largest absolute Gasteiger partial charge is 0.314 e. The molecule has 2 unspecified atom stereocenters. The standard InChI is InChI=1S/C12H25N/c1-5-7-11(6-2)13-9-10-8-12(10,3)4/h10-11,13H,5-9H2,1-4H3. The molecule has 0 amide bonds. The average Bonchev–Trinajstić information content (AvgIpc) is 2.68. The lowest BCUT2D eigenvalue weighted by Gasteiger charge is -2.16. The van der Waals surface area contributed by atoms with E-state index in [4.69, 9.17) is 0 Å². The van der Waals surface area contributed by atoms with Crippen LogP contribution in [-0.4, -0.2) is 12.6 Å². The highest BCUT2D eigenvalue weighted by Gasteiger charge is 2.44. The van der Waals surface area contributed by atoms with Gasteiger partial charge in [-0.25, -0.2) is 0 Å². The summed E-state index contributed by atoms with van der Waals surface area (Å²) >= 11 is 0. The van der Waals surface area contributed by atoms with E-state index in [0.717, 1.165) is 12.0 Å². The molecule has 1 aliphatic rings. The maximum Gasteiger partial charge on any atom is 0.00644 e. The van der Waals surface area contributed by atoms with Gasteiger partial charge in [-0.05, 0) is 37.1 Å². The van der Waals surface area contributed by atoms with E-state index >= 15 is 0 Å². The van der Waals surface area contributed by atoms with Gasteiger partial charge in [0.2, 0.25) is 0 Å². The summed E-state index contributed by atoms with van der Waals surface area (Å²) in [6, 6.07) is 0.765. The van der Waals surface area contributed by atoms with E-state index in [1.807, 2.05) is 0 Å². The summed E-state index contributed by atoms with van der Waals surface area (Å²) in [6.07, 6.45) is 5.34.